The van der Waals surface area contributed by atoms with Crippen LogP contribution in [-0.2, 0) is 6.18 Å². The van der Waals surface area contributed by atoms with Gasteiger partial charge in [0.25, 0.3) is 0 Å². The summed E-state index contributed by atoms with van der Waals surface area (Å²) in [7, 11) is 0. The Kier molecular flexibility index (Phi) is 2.28. The lowest BCUT2D eigenvalue weighted by Gasteiger charge is -2.12. The van der Waals surface area contributed by atoms with E-state index in [4.69, 9.17) is 0 Å². The topological polar surface area (TPSA) is 0 Å². The molecule has 1 aliphatic rings. The molecule has 0 nitrogen and oxygen atoms in total. The zero-order valence-corrected chi connectivity index (χ0v) is 8.68. The molecule has 0 aliphatic heterocycles. The van der Waals surface area contributed by atoms with Crippen LogP contribution in [0.2, 0.25) is 0 Å². The molecule has 0 saturated heterocycles. The van der Waals surface area contributed by atoms with Crippen LogP contribution in [-0.4, -0.2) is 0 Å². The maximum Gasteiger partial charge on any atom is 0.416 e. The highest BCUT2D eigenvalue weighted by Crippen LogP contribution is 2.55. The van der Waals surface area contributed by atoms with E-state index in [1.165, 1.54) is 12.1 Å². The van der Waals surface area contributed by atoms with E-state index < -0.39 is 11.7 Å². The van der Waals surface area contributed by atoms with Gasteiger partial charge in [0.1, 0.15) is 0 Å². The Morgan fingerprint density at radius 3 is 2.00 bits per heavy atom. The molecule has 3 heteroatoms. The lowest BCUT2D eigenvalue weighted by molar-refractivity contribution is -0.138. The van der Waals surface area contributed by atoms with E-state index in [9.17, 15) is 13.2 Å². The fourth-order valence-electron chi connectivity index (χ4n) is 2.27. The molecule has 0 heterocycles. The second-order valence-electron chi connectivity index (χ2n) is 4.33. The van der Waals surface area contributed by atoms with E-state index >= 15 is 0 Å². The summed E-state index contributed by atoms with van der Waals surface area (Å²) in [6.45, 7) is 4.00. The summed E-state index contributed by atoms with van der Waals surface area (Å²) >= 11 is 0. The number of hydrogen-bond acceptors (Lipinski definition) is 0. The average Bonchev–Trinajstić information content (AvgIpc) is 2.73. The highest BCUT2D eigenvalue weighted by atomic mass is 19.4. The molecule has 0 radical (unpaired) electrons. The molecule has 0 N–H and O–H groups in total. The van der Waals surface area contributed by atoms with E-state index in [-0.39, 0.29) is 5.92 Å². The zero-order valence-electron chi connectivity index (χ0n) is 8.68. The first-order valence-electron chi connectivity index (χ1n) is 5.09. The third-order valence-corrected chi connectivity index (χ3v) is 3.45. The Labute approximate surface area is 87.1 Å². The second kappa shape index (κ2) is 3.26. The van der Waals surface area contributed by atoms with Crippen molar-refractivity contribution in [3.05, 3.63) is 35.4 Å². The van der Waals surface area contributed by atoms with Gasteiger partial charge in [0.2, 0.25) is 0 Å². The van der Waals surface area contributed by atoms with Gasteiger partial charge in [0.05, 0.1) is 5.56 Å². The van der Waals surface area contributed by atoms with Crippen LogP contribution in [0.5, 0.6) is 0 Å². The maximum absolute atomic E-state index is 12.7. The standard InChI is InChI=1S/C12H13F3/c1-7-8(2)11(7)9-5-3-4-6-10(9)12(13,14)15/h3-8,11H,1-2H3. The Morgan fingerprint density at radius 2 is 1.53 bits per heavy atom. The molecule has 1 fully saturated rings. The van der Waals surface area contributed by atoms with Gasteiger partial charge in [-0.05, 0) is 29.4 Å². The van der Waals surface area contributed by atoms with Gasteiger partial charge in [-0.1, -0.05) is 32.0 Å². The van der Waals surface area contributed by atoms with Crippen molar-refractivity contribution in [1.29, 1.82) is 0 Å². The van der Waals surface area contributed by atoms with E-state index in [0.717, 1.165) is 0 Å². The van der Waals surface area contributed by atoms with Gasteiger partial charge >= 0.3 is 6.18 Å². The van der Waals surface area contributed by atoms with E-state index in [1.807, 2.05) is 13.8 Å². The first-order valence-corrected chi connectivity index (χ1v) is 5.09. The summed E-state index contributed by atoms with van der Waals surface area (Å²) in [5.41, 5.74) is -0.00352. The molecule has 2 atom stereocenters. The minimum absolute atomic E-state index is 0.0859. The van der Waals surface area contributed by atoms with Crippen molar-refractivity contribution in [3.63, 3.8) is 0 Å². The van der Waals surface area contributed by atoms with Crippen molar-refractivity contribution < 1.29 is 13.2 Å². The summed E-state index contributed by atoms with van der Waals surface area (Å²) in [6.07, 6.45) is -4.22. The highest BCUT2D eigenvalue weighted by molar-refractivity contribution is 5.37. The van der Waals surface area contributed by atoms with Crippen LogP contribution in [0, 0.1) is 11.8 Å². The minimum atomic E-state index is -4.22. The molecule has 1 aromatic rings. The number of halogens is 3. The first kappa shape index (κ1) is 10.5. The summed E-state index contributed by atoms with van der Waals surface area (Å²) in [6, 6.07) is 5.91. The number of benzene rings is 1. The predicted molar refractivity (Wildman–Crippen MR) is 52.5 cm³/mol. The van der Waals surface area contributed by atoms with Gasteiger partial charge < -0.3 is 0 Å². The molecule has 0 spiro atoms. The van der Waals surface area contributed by atoms with Crippen molar-refractivity contribution in [3.8, 4) is 0 Å². The molecule has 0 amide bonds. The molecular formula is C12H13F3. The Balaban J connectivity index is 2.40. The van der Waals surface area contributed by atoms with Gasteiger partial charge in [-0.25, -0.2) is 0 Å². The number of alkyl halides is 3. The van der Waals surface area contributed by atoms with Crippen molar-refractivity contribution >= 4 is 0 Å². The van der Waals surface area contributed by atoms with Gasteiger partial charge in [-0.3, -0.25) is 0 Å². The molecule has 0 aromatic heterocycles. The summed E-state index contributed by atoms with van der Waals surface area (Å²) in [5, 5.41) is 0. The normalized spacial score (nSPS) is 30.3. The fourth-order valence-corrected chi connectivity index (χ4v) is 2.27. The molecule has 2 rings (SSSR count). The average molecular weight is 214 g/mol. The smallest absolute Gasteiger partial charge is 0.166 e. The van der Waals surface area contributed by atoms with Crippen LogP contribution in [0.1, 0.15) is 30.9 Å². The molecular weight excluding hydrogens is 201 g/mol. The zero-order chi connectivity index (χ0) is 11.2. The van der Waals surface area contributed by atoms with E-state index in [0.29, 0.717) is 17.4 Å². The molecule has 0 bridgehead atoms. The third kappa shape index (κ3) is 1.75. The van der Waals surface area contributed by atoms with Crippen molar-refractivity contribution in [2.75, 3.05) is 0 Å². The minimum Gasteiger partial charge on any atom is -0.166 e. The van der Waals surface area contributed by atoms with Crippen molar-refractivity contribution in [2.24, 2.45) is 11.8 Å². The highest BCUT2D eigenvalue weighted by Gasteiger charge is 2.47. The summed E-state index contributed by atoms with van der Waals surface area (Å²) in [4.78, 5) is 0. The first-order chi connectivity index (χ1) is 6.93. The SMILES string of the molecule is CC1C(C)C1c1ccccc1C(F)(F)F. The largest absolute Gasteiger partial charge is 0.416 e. The van der Waals surface area contributed by atoms with Gasteiger partial charge in [-0.2, -0.15) is 13.2 Å². The summed E-state index contributed by atoms with van der Waals surface area (Å²) in [5.74, 6) is 0.824. The van der Waals surface area contributed by atoms with Gasteiger partial charge in [0, 0.05) is 0 Å². The molecule has 2 unspecified atom stereocenters. The second-order valence-corrected chi connectivity index (χ2v) is 4.33. The van der Waals surface area contributed by atoms with E-state index in [2.05, 4.69) is 0 Å². The fraction of sp³-hybridized carbons (Fsp3) is 0.500. The molecule has 1 saturated carbocycles. The quantitative estimate of drug-likeness (QED) is 0.661. The molecule has 1 aliphatic carbocycles. The van der Waals surface area contributed by atoms with Crippen LogP contribution >= 0.6 is 0 Å². The summed E-state index contributed by atoms with van der Waals surface area (Å²) < 4.78 is 38.1. The predicted octanol–water partition coefficient (Wildman–Crippen LogP) is 4.07. The number of rotatable bonds is 1. The monoisotopic (exact) mass is 214 g/mol. The molecule has 1 aromatic carbocycles. The van der Waals surface area contributed by atoms with Crippen LogP contribution in [0.4, 0.5) is 13.2 Å². The van der Waals surface area contributed by atoms with Crippen LogP contribution in [0.25, 0.3) is 0 Å². The van der Waals surface area contributed by atoms with Gasteiger partial charge in [0.15, 0.2) is 0 Å². The molecule has 82 valence electrons. The van der Waals surface area contributed by atoms with Crippen molar-refractivity contribution in [1.82, 2.24) is 0 Å². The lowest BCUT2D eigenvalue weighted by Crippen LogP contribution is -2.08. The lowest BCUT2D eigenvalue weighted by atomic mass is 10.0. The van der Waals surface area contributed by atoms with Crippen LogP contribution < -0.4 is 0 Å². The maximum atomic E-state index is 12.7. The van der Waals surface area contributed by atoms with E-state index in [1.54, 1.807) is 12.1 Å². The Hall–Kier alpha value is -0.990. The third-order valence-electron chi connectivity index (χ3n) is 3.45. The Morgan fingerprint density at radius 1 is 1.00 bits per heavy atom. The van der Waals surface area contributed by atoms with Gasteiger partial charge in [-0.15, -0.1) is 0 Å². The Bertz CT molecular complexity index is 359. The molecule has 15 heavy (non-hydrogen) atoms. The number of hydrogen-bond donors (Lipinski definition) is 0. The van der Waals surface area contributed by atoms with Crippen LogP contribution in [0.15, 0.2) is 24.3 Å². The van der Waals surface area contributed by atoms with Crippen LogP contribution in [0.3, 0.4) is 0 Å². The van der Waals surface area contributed by atoms with Crippen molar-refractivity contribution in [2.45, 2.75) is 25.9 Å².